The van der Waals surface area contributed by atoms with Crippen LogP contribution in [0.4, 0.5) is 0 Å². The first-order valence-electron chi connectivity index (χ1n) is 2.14. The molecule has 0 saturated carbocycles. The number of hydrogen-bond donors (Lipinski definition) is 2. The molecule has 6 heteroatoms. The topological polar surface area (TPSA) is 77.4 Å². The van der Waals surface area contributed by atoms with E-state index >= 15 is 0 Å². The molecule has 0 aliphatic carbocycles. The van der Waals surface area contributed by atoms with Crippen LogP contribution in [0.3, 0.4) is 0 Å². The van der Waals surface area contributed by atoms with Gasteiger partial charge in [-0.15, -0.1) is 0 Å². The molecule has 10 heavy (non-hydrogen) atoms. The van der Waals surface area contributed by atoms with Gasteiger partial charge in [0.25, 0.3) is 0 Å². The van der Waals surface area contributed by atoms with Crippen LogP contribution in [0, 0.1) is 0 Å². The Hall–Kier alpha value is 0.0303. The van der Waals surface area contributed by atoms with Gasteiger partial charge in [-0.05, 0) is 0 Å². The maximum atomic E-state index is 9.78. The number of carbonyl (C=O) groups excluding carboxylic acids is 1. The number of thiol groups is 1. The van der Waals surface area contributed by atoms with Crippen molar-refractivity contribution < 1.29 is 42.2 Å². The standard InChI is InChI=1S/C4H6O4S.Ag/c5-3(6)1-2(9)4(7)8;/h2,9H,1H2,(H,5,6)(H,7,8);/q;+1/p-1. The maximum Gasteiger partial charge on any atom is 1.00 e. The molecule has 0 bridgehead atoms. The van der Waals surface area contributed by atoms with E-state index in [2.05, 4.69) is 12.6 Å². The van der Waals surface area contributed by atoms with Crippen LogP contribution in [0.15, 0.2) is 0 Å². The second kappa shape index (κ2) is 5.79. The first-order valence-corrected chi connectivity index (χ1v) is 2.66. The number of carboxylic acids is 2. The van der Waals surface area contributed by atoms with Gasteiger partial charge >= 0.3 is 28.3 Å². The third-order valence-corrected chi connectivity index (χ3v) is 1.03. The Labute approximate surface area is 78.5 Å². The molecular weight excluding hydrogens is 252 g/mol. The molecule has 0 amide bonds. The van der Waals surface area contributed by atoms with Crippen molar-refractivity contribution in [3.63, 3.8) is 0 Å². The predicted octanol–water partition coefficient (Wildman–Crippen LogP) is -1.49. The average molecular weight is 257 g/mol. The first-order chi connectivity index (χ1) is 4.04. The molecule has 0 aromatic heterocycles. The van der Waals surface area contributed by atoms with E-state index < -0.39 is 23.6 Å². The van der Waals surface area contributed by atoms with Gasteiger partial charge < -0.3 is 15.0 Å². The van der Waals surface area contributed by atoms with Gasteiger partial charge in [-0.25, -0.2) is 0 Å². The summed E-state index contributed by atoms with van der Waals surface area (Å²) < 4.78 is 0. The molecule has 0 spiro atoms. The third kappa shape index (κ3) is 6.15. The molecule has 1 atom stereocenters. The summed E-state index contributed by atoms with van der Waals surface area (Å²) in [5.74, 6) is -2.65. The van der Waals surface area contributed by atoms with Crippen LogP contribution in [0.1, 0.15) is 6.42 Å². The molecule has 0 aliphatic heterocycles. The molecule has 0 fully saturated rings. The number of rotatable bonds is 3. The van der Waals surface area contributed by atoms with E-state index in [-0.39, 0.29) is 22.4 Å². The van der Waals surface area contributed by atoms with Crippen molar-refractivity contribution >= 4 is 24.6 Å². The van der Waals surface area contributed by atoms with Crippen molar-refractivity contribution in [1.29, 1.82) is 0 Å². The summed E-state index contributed by atoms with van der Waals surface area (Å²) in [5.41, 5.74) is 0. The fraction of sp³-hybridized carbons (Fsp3) is 0.500. The normalized spacial score (nSPS) is 11.3. The monoisotopic (exact) mass is 256 g/mol. The summed E-state index contributed by atoms with van der Waals surface area (Å²) in [6, 6.07) is 0. The molecule has 0 aliphatic rings. The van der Waals surface area contributed by atoms with Crippen LogP contribution in [-0.4, -0.2) is 22.3 Å². The van der Waals surface area contributed by atoms with E-state index in [1.807, 2.05) is 0 Å². The molecule has 0 radical (unpaired) electrons. The van der Waals surface area contributed by atoms with Crippen molar-refractivity contribution in [3.8, 4) is 0 Å². The molecule has 0 rings (SSSR count). The van der Waals surface area contributed by atoms with Crippen LogP contribution in [0.5, 0.6) is 0 Å². The molecule has 0 aromatic rings. The molecular formula is C4H5AgO4S. The van der Waals surface area contributed by atoms with E-state index in [1.165, 1.54) is 0 Å². The van der Waals surface area contributed by atoms with Crippen molar-refractivity contribution in [2.75, 3.05) is 0 Å². The Bertz CT molecular complexity index is 137. The Morgan fingerprint density at radius 3 is 2.10 bits per heavy atom. The fourth-order valence-electron chi connectivity index (χ4n) is 0.249. The number of carboxylic acid groups (broad SMARTS) is 2. The third-order valence-electron chi connectivity index (χ3n) is 0.640. The Morgan fingerprint density at radius 2 is 2.00 bits per heavy atom. The molecule has 62 valence electrons. The van der Waals surface area contributed by atoms with Crippen molar-refractivity contribution in [2.24, 2.45) is 0 Å². The zero-order valence-electron chi connectivity index (χ0n) is 4.71. The predicted molar refractivity (Wildman–Crippen MR) is 30.0 cm³/mol. The van der Waals surface area contributed by atoms with E-state index in [0.29, 0.717) is 0 Å². The second-order valence-corrected chi connectivity index (χ2v) is 2.06. The fourth-order valence-corrected chi connectivity index (χ4v) is 0.405. The van der Waals surface area contributed by atoms with Crippen LogP contribution in [-0.2, 0) is 32.0 Å². The summed E-state index contributed by atoms with van der Waals surface area (Å²) in [7, 11) is 0. The largest absolute Gasteiger partial charge is 1.00 e. The average Bonchev–Trinajstić information content (AvgIpc) is 1.63. The van der Waals surface area contributed by atoms with Crippen LogP contribution in [0.2, 0.25) is 0 Å². The van der Waals surface area contributed by atoms with Crippen molar-refractivity contribution in [1.82, 2.24) is 0 Å². The molecule has 1 unspecified atom stereocenters. The molecule has 0 aromatic carbocycles. The SMILES string of the molecule is O=C(O)CC(S)C(=O)[O-].[Ag+]. The van der Waals surface area contributed by atoms with Crippen molar-refractivity contribution in [3.05, 3.63) is 0 Å². The number of carbonyl (C=O) groups is 2. The zero-order valence-corrected chi connectivity index (χ0v) is 7.08. The van der Waals surface area contributed by atoms with Crippen LogP contribution in [0.25, 0.3) is 0 Å². The van der Waals surface area contributed by atoms with E-state index in [0.717, 1.165) is 0 Å². The van der Waals surface area contributed by atoms with Gasteiger partial charge in [0, 0.05) is 0 Å². The van der Waals surface area contributed by atoms with Gasteiger partial charge in [0.15, 0.2) is 0 Å². The Kier molecular flexibility index (Phi) is 7.34. The smallest absolute Gasteiger partial charge is 0.549 e. The molecule has 0 saturated heterocycles. The van der Waals surface area contributed by atoms with Gasteiger partial charge in [0.2, 0.25) is 0 Å². The summed E-state index contributed by atoms with van der Waals surface area (Å²) >= 11 is 3.42. The van der Waals surface area contributed by atoms with Crippen LogP contribution >= 0.6 is 12.6 Å². The van der Waals surface area contributed by atoms with Gasteiger partial charge in [-0.2, -0.15) is 12.6 Å². The zero-order chi connectivity index (χ0) is 7.44. The van der Waals surface area contributed by atoms with E-state index in [9.17, 15) is 14.7 Å². The van der Waals surface area contributed by atoms with Gasteiger partial charge in [0.1, 0.15) is 0 Å². The summed E-state index contributed by atoms with van der Waals surface area (Å²) in [6.45, 7) is 0. The minimum absolute atomic E-state index is 0. The number of aliphatic carboxylic acids is 2. The molecule has 0 heterocycles. The van der Waals surface area contributed by atoms with Gasteiger partial charge in [-0.1, -0.05) is 0 Å². The maximum absolute atomic E-state index is 9.78. The van der Waals surface area contributed by atoms with E-state index in [1.54, 1.807) is 0 Å². The van der Waals surface area contributed by atoms with E-state index in [4.69, 9.17) is 5.11 Å². The Balaban J connectivity index is 0. The summed E-state index contributed by atoms with van der Waals surface area (Å²) in [4.78, 5) is 19.6. The molecule has 1 N–H and O–H groups in total. The van der Waals surface area contributed by atoms with Crippen molar-refractivity contribution in [2.45, 2.75) is 11.7 Å². The summed E-state index contributed by atoms with van der Waals surface area (Å²) in [6.07, 6.45) is -0.508. The van der Waals surface area contributed by atoms with Gasteiger partial charge in [-0.3, -0.25) is 4.79 Å². The molecule has 4 nitrogen and oxygen atoms in total. The minimum Gasteiger partial charge on any atom is -0.549 e. The number of hydrogen-bond acceptors (Lipinski definition) is 4. The second-order valence-electron chi connectivity index (χ2n) is 1.43. The quantitative estimate of drug-likeness (QED) is 0.477. The minimum atomic E-state index is -1.46. The summed E-state index contributed by atoms with van der Waals surface area (Å²) in [5, 5.41) is 16.6. The van der Waals surface area contributed by atoms with Crippen LogP contribution < -0.4 is 5.11 Å². The first kappa shape index (κ1) is 12.7. The van der Waals surface area contributed by atoms with Gasteiger partial charge in [0.05, 0.1) is 17.6 Å². The Morgan fingerprint density at radius 1 is 1.60 bits per heavy atom.